The SMILES string of the molecule is C=C(/C=C\C(C)=N)SC(=C)/C=C\C(C)=N. The minimum Gasteiger partial charge on any atom is -0.306 e. The van der Waals surface area contributed by atoms with Crippen LogP contribution in [0.1, 0.15) is 13.8 Å². The highest BCUT2D eigenvalue weighted by atomic mass is 32.2. The molecule has 0 bridgehead atoms. The van der Waals surface area contributed by atoms with E-state index in [1.54, 1.807) is 38.2 Å². The summed E-state index contributed by atoms with van der Waals surface area (Å²) >= 11 is 1.43. The van der Waals surface area contributed by atoms with Gasteiger partial charge >= 0.3 is 0 Å². The summed E-state index contributed by atoms with van der Waals surface area (Å²) in [6.07, 6.45) is 6.94. The van der Waals surface area contributed by atoms with Crippen molar-refractivity contribution in [3.05, 3.63) is 47.3 Å². The first kappa shape index (κ1) is 13.7. The zero-order valence-electron chi connectivity index (χ0n) is 9.13. The molecule has 3 heteroatoms. The summed E-state index contributed by atoms with van der Waals surface area (Å²) in [7, 11) is 0. The van der Waals surface area contributed by atoms with Gasteiger partial charge in [0.05, 0.1) is 0 Å². The standard InChI is InChI=1S/C12H16N2S/c1-9(13)5-7-11(3)15-12(4)8-6-10(2)14/h5-8,13-14H,3-4H2,1-2H3/b7-5-,8-6-,13-9?,14-10?. The van der Waals surface area contributed by atoms with Crippen molar-refractivity contribution in [2.45, 2.75) is 13.8 Å². The summed E-state index contributed by atoms with van der Waals surface area (Å²) < 4.78 is 0. The fourth-order valence-electron chi connectivity index (χ4n) is 0.672. The van der Waals surface area contributed by atoms with Gasteiger partial charge in [-0.2, -0.15) is 0 Å². The van der Waals surface area contributed by atoms with Crippen LogP contribution >= 0.6 is 11.8 Å². The maximum atomic E-state index is 7.21. The van der Waals surface area contributed by atoms with Gasteiger partial charge in [-0.05, 0) is 38.2 Å². The van der Waals surface area contributed by atoms with Crippen LogP contribution in [0, 0.1) is 10.8 Å². The van der Waals surface area contributed by atoms with E-state index in [1.807, 2.05) is 0 Å². The average Bonchev–Trinajstić information content (AvgIpc) is 2.11. The molecule has 0 rings (SSSR count). The normalized spacial score (nSPS) is 10.8. The summed E-state index contributed by atoms with van der Waals surface area (Å²) in [4.78, 5) is 1.66. The van der Waals surface area contributed by atoms with Crippen molar-refractivity contribution in [2.24, 2.45) is 0 Å². The number of thioether (sulfide) groups is 1. The van der Waals surface area contributed by atoms with E-state index in [1.165, 1.54) is 11.8 Å². The maximum Gasteiger partial charge on any atom is 0.0283 e. The molecule has 0 aliphatic carbocycles. The molecule has 0 aromatic heterocycles. The number of hydrogen-bond donors (Lipinski definition) is 2. The highest BCUT2D eigenvalue weighted by Gasteiger charge is 1.92. The van der Waals surface area contributed by atoms with Crippen LogP contribution in [-0.2, 0) is 0 Å². The maximum absolute atomic E-state index is 7.21. The molecule has 0 aliphatic heterocycles. The molecule has 2 nitrogen and oxygen atoms in total. The third kappa shape index (κ3) is 8.97. The van der Waals surface area contributed by atoms with Gasteiger partial charge in [0.25, 0.3) is 0 Å². The molecule has 0 heterocycles. The number of hydrogen-bond acceptors (Lipinski definition) is 3. The zero-order chi connectivity index (χ0) is 11.8. The number of rotatable bonds is 6. The molecule has 0 radical (unpaired) electrons. The van der Waals surface area contributed by atoms with Crippen LogP contribution in [0.25, 0.3) is 0 Å². The monoisotopic (exact) mass is 220 g/mol. The van der Waals surface area contributed by atoms with Crippen molar-refractivity contribution >= 4 is 23.2 Å². The minimum absolute atomic E-state index is 0.494. The Labute approximate surface area is 95.5 Å². The van der Waals surface area contributed by atoms with Gasteiger partial charge in [0.1, 0.15) is 0 Å². The van der Waals surface area contributed by atoms with Crippen LogP contribution < -0.4 is 0 Å². The first-order chi connectivity index (χ1) is 6.91. The molecule has 0 aromatic carbocycles. The minimum atomic E-state index is 0.494. The molecule has 80 valence electrons. The van der Waals surface area contributed by atoms with Crippen molar-refractivity contribution in [3.8, 4) is 0 Å². The van der Waals surface area contributed by atoms with Gasteiger partial charge in [0, 0.05) is 21.2 Å². The van der Waals surface area contributed by atoms with Crippen LogP contribution in [0.2, 0.25) is 0 Å². The second kappa shape index (κ2) is 7.01. The molecular formula is C12H16N2S. The summed E-state index contributed by atoms with van der Waals surface area (Å²) in [6.45, 7) is 11.1. The van der Waals surface area contributed by atoms with E-state index in [9.17, 15) is 0 Å². The summed E-state index contributed by atoms with van der Waals surface area (Å²) in [5, 5.41) is 14.4. The lowest BCUT2D eigenvalue weighted by Crippen LogP contribution is -1.80. The Kier molecular flexibility index (Phi) is 6.38. The van der Waals surface area contributed by atoms with E-state index in [2.05, 4.69) is 13.2 Å². The van der Waals surface area contributed by atoms with Crippen LogP contribution in [-0.4, -0.2) is 11.4 Å². The zero-order valence-corrected chi connectivity index (χ0v) is 9.95. The smallest absolute Gasteiger partial charge is 0.0283 e. The van der Waals surface area contributed by atoms with Gasteiger partial charge in [-0.25, -0.2) is 0 Å². The molecule has 2 N–H and O–H groups in total. The molecule has 0 amide bonds. The van der Waals surface area contributed by atoms with Crippen molar-refractivity contribution < 1.29 is 0 Å². The predicted molar refractivity (Wildman–Crippen MR) is 71.0 cm³/mol. The third-order valence-corrected chi connectivity index (χ3v) is 2.10. The second-order valence-corrected chi connectivity index (χ2v) is 4.32. The van der Waals surface area contributed by atoms with Crippen molar-refractivity contribution in [1.29, 1.82) is 10.8 Å². The van der Waals surface area contributed by atoms with E-state index < -0.39 is 0 Å². The van der Waals surface area contributed by atoms with Crippen molar-refractivity contribution in [3.63, 3.8) is 0 Å². The van der Waals surface area contributed by atoms with E-state index in [4.69, 9.17) is 10.8 Å². The van der Waals surface area contributed by atoms with Crippen LogP contribution in [0.4, 0.5) is 0 Å². The van der Waals surface area contributed by atoms with Crippen LogP contribution in [0.15, 0.2) is 47.3 Å². The lowest BCUT2D eigenvalue weighted by Gasteiger charge is -1.98. The number of allylic oxidation sites excluding steroid dienone is 4. The van der Waals surface area contributed by atoms with Gasteiger partial charge < -0.3 is 10.8 Å². The average molecular weight is 220 g/mol. The molecule has 0 unspecified atom stereocenters. The lowest BCUT2D eigenvalue weighted by atomic mass is 10.4. The summed E-state index contributed by atoms with van der Waals surface area (Å²) in [5.41, 5.74) is 0.987. The summed E-state index contributed by atoms with van der Waals surface area (Å²) in [6, 6.07) is 0. The van der Waals surface area contributed by atoms with E-state index in [0.717, 1.165) is 9.81 Å². The highest BCUT2D eigenvalue weighted by Crippen LogP contribution is 2.24. The Morgan fingerprint density at radius 2 is 1.20 bits per heavy atom. The molecule has 0 saturated carbocycles. The van der Waals surface area contributed by atoms with E-state index >= 15 is 0 Å². The molecule has 0 atom stereocenters. The molecule has 0 spiro atoms. The fraction of sp³-hybridized carbons (Fsp3) is 0.167. The van der Waals surface area contributed by atoms with Crippen molar-refractivity contribution in [1.82, 2.24) is 0 Å². The first-order valence-electron chi connectivity index (χ1n) is 4.44. The van der Waals surface area contributed by atoms with Crippen LogP contribution in [0.3, 0.4) is 0 Å². The quantitative estimate of drug-likeness (QED) is 0.517. The molecule has 0 saturated heterocycles. The molecule has 15 heavy (non-hydrogen) atoms. The predicted octanol–water partition coefficient (Wildman–Crippen LogP) is 3.94. The third-order valence-electron chi connectivity index (χ3n) is 1.30. The van der Waals surface area contributed by atoms with Gasteiger partial charge in [-0.15, -0.1) is 0 Å². The second-order valence-electron chi connectivity index (χ2n) is 3.07. The highest BCUT2D eigenvalue weighted by molar-refractivity contribution is 8.07. The molecular weight excluding hydrogens is 204 g/mol. The Hall–Kier alpha value is -1.35. The van der Waals surface area contributed by atoms with E-state index in [-0.39, 0.29) is 0 Å². The Balaban J connectivity index is 4.14. The Morgan fingerprint density at radius 3 is 1.47 bits per heavy atom. The van der Waals surface area contributed by atoms with Gasteiger partial charge in [0.2, 0.25) is 0 Å². The molecule has 0 fully saturated rings. The largest absolute Gasteiger partial charge is 0.306 e. The molecule has 0 aliphatic rings. The van der Waals surface area contributed by atoms with E-state index in [0.29, 0.717) is 11.4 Å². The summed E-state index contributed by atoms with van der Waals surface area (Å²) in [5.74, 6) is 0. The number of nitrogens with one attached hydrogen (secondary N) is 2. The Bertz CT molecular complexity index is 315. The topological polar surface area (TPSA) is 47.7 Å². The van der Waals surface area contributed by atoms with Crippen LogP contribution in [0.5, 0.6) is 0 Å². The molecule has 0 aromatic rings. The Morgan fingerprint density at radius 1 is 0.867 bits per heavy atom. The first-order valence-corrected chi connectivity index (χ1v) is 5.25. The van der Waals surface area contributed by atoms with Gasteiger partial charge in [-0.1, -0.05) is 24.9 Å². The van der Waals surface area contributed by atoms with Gasteiger partial charge in [0.15, 0.2) is 0 Å². The lowest BCUT2D eigenvalue weighted by molar-refractivity contribution is 1.50. The fourth-order valence-corrected chi connectivity index (χ4v) is 1.28. The van der Waals surface area contributed by atoms with Gasteiger partial charge in [-0.3, -0.25) is 0 Å². The van der Waals surface area contributed by atoms with Crippen molar-refractivity contribution in [2.75, 3.05) is 0 Å².